The molecule has 0 amide bonds. The maximum absolute atomic E-state index is 10.9. The van der Waals surface area contributed by atoms with Crippen LogP contribution in [-0.2, 0) is 11.2 Å². The number of ether oxygens (including phenoxy) is 1. The Morgan fingerprint density at radius 2 is 2.00 bits per heavy atom. The van der Waals surface area contributed by atoms with Crippen molar-refractivity contribution in [2.75, 3.05) is 13.7 Å². The van der Waals surface area contributed by atoms with Crippen LogP contribution in [0.25, 0.3) is 0 Å². The number of aliphatic hydroxyl groups excluding tert-OH is 1. The minimum Gasteiger partial charge on any atom is -0.491 e. The molecule has 1 aromatic rings. The Morgan fingerprint density at radius 3 is 2.44 bits per heavy atom. The van der Waals surface area contributed by atoms with Crippen LogP contribution in [0, 0.1) is 0 Å². The predicted octanol–water partition coefficient (Wildman–Crippen LogP) is 0.661. The van der Waals surface area contributed by atoms with Crippen LogP contribution < -0.4 is 10.1 Å². The van der Waals surface area contributed by atoms with E-state index in [1.807, 2.05) is 12.1 Å². The van der Waals surface area contributed by atoms with E-state index in [4.69, 9.17) is 14.9 Å². The normalized spacial score (nSPS) is 13.9. The highest BCUT2D eigenvalue weighted by Gasteiger charge is 2.14. The molecule has 5 heteroatoms. The van der Waals surface area contributed by atoms with Gasteiger partial charge in [-0.2, -0.15) is 0 Å². The van der Waals surface area contributed by atoms with Gasteiger partial charge < -0.3 is 20.3 Å². The number of carboxylic acid groups (broad SMARTS) is 1. The molecule has 1 unspecified atom stereocenters. The van der Waals surface area contributed by atoms with Gasteiger partial charge in [-0.05, 0) is 38.1 Å². The summed E-state index contributed by atoms with van der Waals surface area (Å²) in [6.07, 6.45) is -0.0898. The van der Waals surface area contributed by atoms with Crippen molar-refractivity contribution in [2.45, 2.75) is 25.5 Å². The molecule has 0 aliphatic carbocycles. The van der Waals surface area contributed by atoms with Crippen molar-refractivity contribution in [3.8, 4) is 5.75 Å². The lowest BCUT2D eigenvalue weighted by Gasteiger charge is -2.12. The average molecular weight is 253 g/mol. The highest BCUT2D eigenvalue weighted by atomic mass is 16.5. The number of carbonyl (C=O) groups is 1. The number of carboxylic acids is 1. The van der Waals surface area contributed by atoms with Gasteiger partial charge in [-0.25, -0.2) is 0 Å². The van der Waals surface area contributed by atoms with Gasteiger partial charge in [0.1, 0.15) is 18.4 Å². The van der Waals surface area contributed by atoms with Crippen LogP contribution in [0.5, 0.6) is 5.75 Å². The molecule has 0 aliphatic heterocycles. The number of aliphatic carboxylic acids is 1. The van der Waals surface area contributed by atoms with E-state index >= 15 is 0 Å². The monoisotopic (exact) mass is 253 g/mol. The third kappa shape index (κ3) is 4.73. The van der Waals surface area contributed by atoms with Gasteiger partial charge in [-0.15, -0.1) is 0 Å². The lowest BCUT2D eigenvalue weighted by atomic mass is 10.1. The van der Waals surface area contributed by atoms with E-state index in [2.05, 4.69) is 5.32 Å². The molecule has 1 rings (SSSR count). The molecule has 2 atom stereocenters. The van der Waals surface area contributed by atoms with Crippen LogP contribution in [0.3, 0.4) is 0 Å². The molecule has 18 heavy (non-hydrogen) atoms. The standard InChI is InChI=1S/C13H19NO4/c1-9(15)8-18-11-5-3-10(4-6-11)7-12(14-2)13(16)17/h3-6,9,12,14-15H,7-8H2,1-2H3,(H,16,17)/t9?,12-/m0/s1. The average Bonchev–Trinajstić information content (AvgIpc) is 2.34. The maximum Gasteiger partial charge on any atom is 0.321 e. The Labute approximate surface area is 106 Å². The first-order valence-corrected chi connectivity index (χ1v) is 5.82. The summed E-state index contributed by atoms with van der Waals surface area (Å²) < 4.78 is 5.32. The number of hydrogen-bond donors (Lipinski definition) is 3. The number of benzene rings is 1. The third-order valence-electron chi connectivity index (χ3n) is 2.50. The zero-order valence-electron chi connectivity index (χ0n) is 10.6. The SMILES string of the molecule is CN[C@@H](Cc1ccc(OCC(C)O)cc1)C(=O)O. The van der Waals surface area contributed by atoms with Crippen LogP contribution in [0.4, 0.5) is 0 Å². The number of rotatable bonds is 7. The summed E-state index contributed by atoms with van der Waals surface area (Å²) in [4.78, 5) is 10.9. The van der Waals surface area contributed by atoms with Crippen molar-refractivity contribution in [3.05, 3.63) is 29.8 Å². The van der Waals surface area contributed by atoms with Crippen LogP contribution >= 0.6 is 0 Å². The fourth-order valence-corrected chi connectivity index (χ4v) is 1.49. The van der Waals surface area contributed by atoms with Crippen molar-refractivity contribution < 1.29 is 19.7 Å². The molecular weight excluding hydrogens is 234 g/mol. The second kappa shape index (κ2) is 6.98. The van der Waals surface area contributed by atoms with Gasteiger partial charge in [-0.1, -0.05) is 12.1 Å². The molecule has 0 spiro atoms. The lowest BCUT2D eigenvalue weighted by molar-refractivity contribution is -0.139. The smallest absolute Gasteiger partial charge is 0.321 e. The molecule has 100 valence electrons. The van der Waals surface area contributed by atoms with E-state index in [1.165, 1.54) is 0 Å². The first kappa shape index (κ1) is 14.5. The summed E-state index contributed by atoms with van der Waals surface area (Å²) in [5.74, 6) is -0.206. The number of hydrogen-bond acceptors (Lipinski definition) is 4. The highest BCUT2D eigenvalue weighted by molar-refractivity contribution is 5.73. The molecule has 0 aliphatic rings. The molecule has 0 saturated heterocycles. The quantitative estimate of drug-likeness (QED) is 0.665. The number of likely N-dealkylation sites (N-methyl/N-ethyl adjacent to an activating group) is 1. The fourth-order valence-electron chi connectivity index (χ4n) is 1.49. The Kier molecular flexibility index (Phi) is 5.61. The van der Waals surface area contributed by atoms with E-state index in [0.29, 0.717) is 12.2 Å². The number of aliphatic hydroxyl groups is 1. The van der Waals surface area contributed by atoms with Gasteiger partial charge in [-0.3, -0.25) is 4.79 Å². The molecule has 0 fully saturated rings. The van der Waals surface area contributed by atoms with Gasteiger partial charge in [0.05, 0.1) is 6.10 Å². The summed E-state index contributed by atoms with van der Waals surface area (Å²) in [5.41, 5.74) is 0.918. The molecule has 3 N–H and O–H groups in total. The zero-order chi connectivity index (χ0) is 13.5. The van der Waals surface area contributed by atoms with E-state index in [9.17, 15) is 4.79 Å². The highest BCUT2D eigenvalue weighted by Crippen LogP contribution is 2.13. The molecule has 0 aromatic heterocycles. The molecular formula is C13H19NO4. The second-order valence-corrected chi connectivity index (χ2v) is 4.19. The molecule has 1 aromatic carbocycles. The van der Waals surface area contributed by atoms with Gasteiger partial charge in [0, 0.05) is 0 Å². The van der Waals surface area contributed by atoms with E-state index in [-0.39, 0.29) is 6.61 Å². The molecule has 0 heterocycles. The van der Waals surface area contributed by atoms with Crippen LogP contribution in [0.2, 0.25) is 0 Å². The third-order valence-corrected chi connectivity index (χ3v) is 2.50. The summed E-state index contributed by atoms with van der Waals surface area (Å²) in [6.45, 7) is 1.90. The Balaban J connectivity index is 2.57. The van der Waals surface area contributed by atoms with Crippen molar-refractivity contribution in [3.63, 3.8) is 0 Å². The summed E-state index contributed by atoms with van der Waals surface area (Å²) in [7, 11) is 1.62. The van der Waals surface area contributed by atoms with Gasteiger partial charge in [0.15, 0.2) is 0 Å². The number of nitrogens with one attached hydrogen (secondary N) is 1. The summed E-state index contributed by atoms with van der Waals surface area (Å²) in [6, 6.07) is 6.60. The Hall–Kier alpha value is -1.59. The van der Waals surface area contributed by atoms with Crippen molar-refractivity contribution in [1.29, 1.82) is 0 Å². The van der Waals surface area contributed by atoms with Crippen molar-refractivity contribution in [1.82, 2.24) is 5.32 Å². The topological polar surface area (TPSA) is 78.8 Å². The zero-order valence-corrected chi connectivity index (χ0v) is 10.6. The lowest BCUT2D eigenvalue weighted by Crippen LogP contribution is -2.35. The van der Waals surface area contributed by atoms with E-state index in [1.54, 1.807) is 26.1 Å². The van der Waals surface area contributed by atoms with Crippen LogP contribution in [0.1, 0.15) is 12.5 Å². The van der Waals surface area contributed by atoms with Crippen molar-refractivity contribution in [2.24, 2.45) is 0 Å². The molecule has 0 bridgehead atoms. The molecule has 5 nitrogen and oxygen atoms in total. The summed E-state index contributed by atoms with van der Waals surface area (Å²) >= 11 is 0. The maximum atomic E-state index is 10.9. The Bertz CT molecular complexity index is 375. The van der Waals surface area contributed by atoms with Crippen LogP contribution in [0.15, 0.2) is 24.3 Å². The molecule has 0 radical (unpaired) electrons. The first-order valence-electron chi connectivity index (χ1n) is 5.82. The predicted molar refractivity (Wildman–Crippen MR) is 67.8 cm³/mol. The van der Waals surface area contributed by atoms with Crippen LogP contribution in [-0.4, -0.2) is 42.0 Å². The van der Waals surface area contributed by atoms with Gasteiger partial charge in [0.25, 0.3) is 0 Å². The first-order chi connectivity index (χ1) is 8.52. The van der Waals surface area contributed by atoms with Gasteiger partial charge in [0.2, 0.25) is 0 Å². The largest absolute Gasteiger partial charge is 0.491 e. The van der Waals surface area contributed by atoms with Crippen molar-refractivity contribution >= 4 is 5.97 Å². The fraction of sp³-hybridized carbons (Fsp3) is 0.462. The van der Waals surface area contributed by atoms with E-state index in [0.717, 1.165) is 5.56 Å². The summed E-state index contributed by atoms with van der Waals surface area (Å²) in [5, 5.41) is 20.7. The molecule has 0 saturated carbocycles. The Morgan fingerprint density at radius 1 is 1.39 bits per heavy atom. The van der Waals surface area contributed by atoms with E-state index < -0.39 is 18.1 Å². The minimum atomic E-state index is -0.869. The second-order valence-electron chi connectivity index (χ2n) is 4.19. The minimum absolute atomic E-state index is 0.244. The van der Waals surface area contributed by atoms with Gasteiger partial charge >= 0.3 is 5.97 Å².